The Kier molecular flexibility index (Phi) is 4.47. The fourth-order valence-corrected chi connectivity index (χ4v) is 3.86. The van der Waals surface area contributed by atoms with Crippen molar-refractivity contribution in [2.45, 2.75) is 32.2 Å². The van der Waals surface area contributed by atoms with Crippen molar-refractivity contribution < 1.29 is 4.79 Å². The summed E-state index contributed by atoms with van der Waals surface area (Å²) in [5.74, 6) is 0.0740. The molecule has 1 saturated heterocycles. The first-order chi connectivity index (χ1) is 10.7. The predicted molar refractivity (Wildman–Crippen MR) is 89.6 cm³/mol. The molecule has 0 saturated carbocycles. The Labute approximate surface area is 134 Å². The third-order valence-corrected chi connectivity index (χ3v) is 5.10. The molecule has 0 bridgehead atoms. The fourth-order valence-electron chi connectivity index (χ4n) is 2.97. The third-order valence-electron chi connectivity index (χ3n) is 4.15. The summed E-state index contributed by atoms with van der Waals surface area (Å²) in [5, 5.41) is 9.43. The molecule has 3 rings (SSSR count). The van der Waals surface area contributed by atoms with Crippen molar-refractivity contribution in [2.24, 2.45) is 7.05 Å². The van der Waals surface area contributed by atoms with Gasteiger partial charge < -0.3 is 10.2 Å². The quantitative estimate of drug-likeness (QED) is 0.942. The SMILES string of the molecule is CCc1ccsc1C(=O)N[C@@H]1CCCN(c2cnn(C)c2)C1. The van der Waals surface area contributed by atoms with Crippen LogP contribution in [-0.2, 0) is 13.5 Å². The van der Waals surface area contributed by atoms with Crippen LogP contribution in [0.15, 0.2) is 23.8 Å². The highest BCUT2D eigenvalue weighted by Crippen LogP contribution is 2.21. The Hall–Kier alpha value is -1.82. The second kappa shape index (κ2) is 6.52. The van der Waals surface area contributed by atoms with Gasteiger partial charge in [-0.05, 0) is 36.3 Å². The highest BCUT2D eigenvalue weighted by Gasteiger charge is 2.23. The number of aryl methyl sites for hydroxylation is 2. The van der Waals surface area contributed by atoms with Gasteiger partial charge in [-0.2, -0.15) is 5.10 Å². The highest BCUT2D eigenvalue weighted by molar-refractivity contribution is 7.12. The Morgan fingerprint density at radius 2 is 2.41 bits per heavy atom. The minimum Gasteiger partial charge on any atom is -0.367 e. The number of nitrogens with zero attached hydrogens (tertiary/aromatic N) is 3. The van der Waals surface area contributed by atoms with E-state index >= 15 is 0 Å². The van der Waals surface area contributed by atoms with Crippen LogP contribution in [0.25, 0.3) is 0 Å². The van der Waals surface area contributed by atoms with Gasteiger partial charge in [0.1, 0.15) is 0 Å². The van der Waals surface area contributed by atoms with Crippen molar-refractivity contribution in [3.8, 4) is 0 Å². The minimum absolute atomic E-state index is 0.0740. The lowest BCUT2D eigenvalue weighted by atomic mass is 10.0. The number of carbonyl (C=O) groups excluding carboxylic acids is 1. The second-order valence-electron chi connectivity index (χ2n) is 5.76. The van der Waals surface area contributed by atoms with E-state index in [1.165, 1.54) is 11.3 Å². The van der Waals surface area contributed by atoms with Crippen molar-refractivity contribution in [1.82, 2.24) is 15.1 Å². The molecule has 1 atom stereocenters. The van der Waals surface area contributed by atoms with E-state index in [9.17, 15) is 4.79 Å². The molecule has 22 heavy (non-hydrogen) atoms. The Bertz CT molecular complexity index is 648. The first kappa shape index (κ1) is 15.1. The van der Waals surface area contributed by atoms with Crippen LogP contribution in [0.1, 0.15) is 35.0 Å². The maximum absolute atomic E-state index is 12.5. The molecule has 0 spiro atoms. The molecule has 0 aliphatic carbocycles. The Balaban J connectivity index is 1.64. The topological polar surface area (TPSA) is 50.2 Å². The van der Waals surface area contributed by atoms with Gasteiger partial charge in [0.25, 0.3) is 5.91 Å². The summed E-state index contributed by atoms with van der Waals surface area (Å²) in [4.78, 5) is 15.6. The molecular weight excluding hydrogens is 296 g/mol. The summed E-state index contributed by atoms with van der Waals surface area (Å²) < 4.78 is 1.82. The summed E-state index contributed by atoms with van der Waals surface area (Å²) in [6, 6.07) is 2.25. The molecule has 2 aromatic heterocycles. The number of thiophene rings is 1. The number of piperidine rings is 1. The lowest BCUT2D eigenvalue weighted by Crippen LogP contribution is -2.47. The standard InChI is InChI=1S/C16H22N4OS/c1-3-12-6-8-22-15(12)16(21)18-13-5-4-7-20(10-13)14-9-17-19(2)11-14/h6,8-9,11,13H,3-5,7,10H2,1-2H3,(H,18,21)/t13-/m1/s1. The van der Waals surface area contributed by atoms with Gasteiger partial charge in [0, 0.05) is 32.4 Å². The molecule has 5 nitrogen and oxygen atoms in total. The average Bonchev–Trinajstić information content (AvgIpc) is 3.16. The van der Waals surface area contributed by atoms with Gasteiger partial charge in [0.2, 0.25) is 0 Å². The molecule has 0 radical (unpaired) electrons. The zero-order valence-corrected chi connectivity index (χ0v) is 13.9. The van der Waals surface area contributed by atoms with E-state index in [0.717, 1.165) is 48.5 Å². The van der Waals surface area contributed by atoms with Crippen molar-refractivity contribution in [3.63, 3.8) is 0 Å². The summed E-state index contributed by atoms with van der Waals surface area (Å²) in [6.45, 7) is 3.96. The summed E-state index contributed by atoms with van der Waals surface area (Å²) in [5.41, 5.74) is 2.27. The lowest BCUT2D eigenvalue weighted by Gasteiger charge is -2.33. The van der Waals surface area contributed by atoms with Crippen molar-refractivity contribution in [1.29, 1.82) is 0 Å². The first-order valence-electron chi connectivity index (χ1n) is 7.78. The number of rotatable bonds is 4. The number of amides is 1. The average molecular weight is 318 g/mol. The van der Waals surface area contributed by atoms with Gasteiger partial charge in [0.05, 0.1) is 16.8 Å². The predicted octanol–water partition coefficient (Wildman–Crippen LogP) is 2.44. The van der Waals surface area contributed by atoms with E-state index in [2.05, 4.69) is 22.2 Å². The lowest BCUT2D eigenvalue weighted by molar-refractivity contribution is 0.0936. The monoisotopic (exact) mass is 318 g/mol. The van der Waals surface area contributed by atoms with Gasteiger partial charge in [0.15, 0.2) is 0 Å². The number of hydrogen-bond acceptors (Lipinski definition) is 4. The van der Waals surface area contributed by atoms with E-state index in [4.69, 9.17) is 0 Å². The molecule has 2 aromatic rings. The number of hydrogen-bond donors (Lipinski definition) is 1. The zero-order valence-electron chi connectivity index (χ0n) is 13.1. The molecule has 1 fully saturated rings. The highest BCUT2D eigenvalue weighted by atomic mass is 32.1. The number of anilines is 1. The zero-order chi connectivity index (χ0) is 15.5. The van der Waals surface area contributed by atoms with Crippen molar-refractivity contribution in [3.05, 3.63) is 34.3 Å². The molecule has 1 aliphatic heterocycles. The van der Waals surface area contributed by atoms with E-state index in [-0.39, 0.29) is 11.9 Å². The Morgan fingerprint density at radius 1 is 1.55 bits per heavy atom. The maximum Gasteiger partial charge on any atom is 0.261 e. The normalized spacial score (nSPS) is 18.5. The van der Waals surface area contributed by atoms with Crippen LogP contribution in [0, 0.1) is 0 Å². The smallest absolute Gasteiger partial charge is 0.261 e. The molecular formula is C16H22N4OS. The van der Waals surface area contributed by atoms with E-state index in [0.29, 0.717) is 0 Å². The van der Waals surface area contributed by atoms with E-state index < -0.39 is 0 Å². The molecule has 3 heterocycles. The van der Waals surface area contributed by atoms with Crippen LogP contribution in [0.5, 0.6) is 0 Å². The number of carbonyl (C=O) groups is 1. The fraction of sp³-hybridized carbons (Fsp3) is 0.500. The van der Waals surface area contributed by atoms with Gasteiger partial charge in [-0.3, -0.25) is 9.48 Å². The first-order valence-corrected chi connectivity index (χ1v) is 8.66. The van der Waals surface area contributed by atoms with Crippen LogP contribution < -0.4 is 10.2 Å². The molecule has 118 valence electrons. The molecule has 1 N–H and O–H groups in total. The summed E-state index contributed by atoms with van der Waals surface area (Å²) in [6.07, 6.45) is 6.94. The van der Waals surface area contributed by atoms with Crippen molar-refractivity contribution >= 4 is 22.9 Å². The minimum atomic E-state index is 0.0740. The molecule has 6 heteroatoms. The van der Waals surface area contributed by atoms with Gasteiger partial charge in [-0.25, -0.2) is 0 Å². The Morgan fingerprint density at radius 3 is 3.14 bits per heavy atom. The van der Waals surface area contributed by atoms with Crippen LogP contribution in [0.2, 0.25) is 0 Å². The molecule has 1 aliphatic rings. The second-order valence-corrected chi connectivity index (χ2v) is 6.68. The molecule has 1 amide bonds. The third kappa shape index (κ3) is 3.16. The number of aromatic nitrogens is 2. The van der Waals surface area contributed by atoms with Gasteiger partial charge >= 0.3 is 0 Å². The van der Waals surface area contributed by atoms with E-state index in [1.54, 1.807) is 0 Å². The van der Waals surface area contributed by atoms with Gasteiger partial charge in [-0.15, -0.1) is 11.3 Å². The van der Waals surface area contributed by atoms with Gasteiger partial charge in [-0.1, -0.05) is 6.92 Å². The summed E-state index contributed by atoms with van der Waals surface area (Å²) in [7, 11) is 1.93. The van der Waals surface area contributed by atoms with E-state index in [1.807, 2.05) is 35.6 Å². The summed E-state index contributed by atoms with van der Waals surface area (Å²) >= 11 is 1.53. The van der Waals surface area contributed by atoms with Crippen LogP contribution >= 0.6 is 11.3 Å². The van der Waals surface area contributed by atoms with Crippen molar-refractivity contribution in [2.75, 3.05) is 18.0 Å². The maximum atomic E-state index is 12.5. The number of nitrogens with one attached hydrogen (secondary N) is 1. The van der Waals surface area contributed by atoms with Crippen LogP contribution in [0.4, 0.5) is 5.69 Å². The molecule has 0 aromatic carbocycles. The molecule has 0 unspecified atom stereocenters. The largest absolute Gasteiger partial charge is 0.367 e. The van der Waals surface area contributed by atoms with Crippen LogP contribution in [-0.4, -0.2) is 34.8 Å². The van der Waals surface area contributed by atoms with Crippen LogP contribution in [0.3, 0.4) is 0 Å².